The van der Waals surface area contributed by atoms with E-state index in [-0.39, 0.29) is 18.4 Å². The van der Waals surface area contributed by atoms with Gasteiger partial charge in [-0.05, 0) is 37.5 Å². The first-order valence-corrected chi connectivity index (χ1v) is 9.50. The third kappa shape index (κ3) is 7.67. The molecular formula is C22H27NO4. The Balaban J connectivity index is 1.78. The summed E-state index contributed by atoms with van der Waals surface area (Å²) in [6.07, 6.45) is 7.48. The van der Waals surface area contributed by atoms with E-state index in [0.29, 0.717) is 19.4 Å². The van der Waals surface area contributed by atoms with Gasteiger partial charge in [-0.3, -0.25) is 9.59 Å². The van der Waals surface area contributed by atoms with Crippen LogP contribution in [-0.4, -0.2) is 45.7 Å². The molecule has 1 amide bonds. The number of aliphatic carboxylic acids is 1. The molecule has 5 heteroatoms. The zero-order chi connectivity index (χ0) is 19.5. The Morgan fingerprint density at radius 2 is 1.96 bits per heavy atom. The number of amides is 1. The average molecular weight is 369 g/mol. The number of unbranched alkanes of at least 4 members (excludes halogenated alkanes) is 3. The first-order valence-electron chi connectivity index (χ1n) is 9.50. The highest BCUT2D eigenvalue weighted by Gasteiger charge is 2.28. The van der Waals surface area contributed by atoms with Crippen molar-refractivity contribution < 1.29 is 19.8 Å². The lowest BCUT2D eigenvalue weighted by molar-refractivity contribution is -0.137. The zero-order valence-electron chi connectivity index (χ0n) is 15.5. The Bertz CT molecular complexity index is 702. The molecule has 1 aliphatic heterocycles. The van der Waals surface area contributed by atoms with Crippen LogP contribution in [0.25, 0.3) is 0 Å². The second-order valence-electron chi connectivity index (χ2n) is 6.72. The van der Waals surface area contributed by atoms with Crippen molar-refractivity contribution in [2.45, 2.75) is 57.1 Å². The van der Waals surface area contributed by atoms with Crippen LogP contribution in [0.1, 0.15) is 50.5 Å². The van der Waals surface area contributed by atoms with Gasteiger partial charge in [-0.2, -0.15) is 0 Å². The lowest BCUT2D eigenvalue weighted by atomic mass is 10.1. The van der Waals surface area contributed by atoms with E-state index in [1.807, 2.05) is 41.3 Å². The number of carbonyl (C=O) groups is 2. The summed E-state index contributed by atoms with van der Waals surface area (Å²) in [5.41, 5.74) is 0.852. The third-order valence-electron chi connectivity index (χ3n) is 4.57. The number of carbonyl (C=O) groups excluding carboxylic acids is 1. The summed E-state index contributed by atoms with van der Waals surface area (Å²) < 4.78 is 0. The van der Waals surface area contributed by atoms with Gasteiger partial charge in [-0.25, -0.2) is 0 Å². The number of nitrogens with zero attached hydrogens (tertiary/aromatic N) is 1. The van der Waals surface area contributed by atoms with Gasteiger partial charge in [-0.1, -0.05) is 49.0 Å². The van der Waals surface area contributed by atoms with Crippen LogP contribution < -0.4 is 0 Å². The van der Waals surface area contributed by atoms with Crippen molar-refractivity contribution in [3.05, 3.63) is 48.0 Å². The van der Waals surface area contributed by atoms with Gasteiger partial charge in [0.25, 0.3) is 0 Å². The predicted octanol–water partition coefficient (Wildman–Crippen LogP) is 2.98. The van der Waals surface area contributed by atoms with E-state index in [9.17, 15) is 14.7 Å². The fourth-order valence-corrected chi connectivity index (χ4v) is 3.12. The van der Waals surface area contributed by atoms with E-state index in [4.69, 9.17) is 5.11 Å². The topological polar surface area (TPSA) is 77.8 Å². The third-order valence-corrected chi connectivity index (χ3v) is 4.57. The first kappa shape index (κ1) is 20.7. The maximum Gasteiger partial charge on any atom is 0.303 e. The fraction of sp³-hybridized carbons (Fsp3) is 0.455. The molecule has 2 atom stereocenters. The molecule has 0 unspecified atom stereocenters. The van der Waals surface area contributed by atoms with E-state index in [0.717, 1.165) is 31.2 Å². The van der Waals surface area contributed by atoms with E-state index in [2.05, 4.69) is 11.8 Å². The molecule has 0 aromatic heterocycles. The Kier molecular flexibility index (Phi) is 8.60. The maximum atomic E-state index is 12.1. The van der Waals surface area contributed by atoms with Crippen molar-refractivity contribution in [1.82, 2.24) is 4.90 Å². The van der Waals surface area contributed by atoms with Gasteiger partial charge in [0.1, 0.15) is 6.10 Å². The highest BCUT2D eigenvalue weighted by atomic mass is 16.4. The molecule has 1 saturated heterocycles. The maximum absolute atomic E-state index is 12.1. The van der Waals surface area contributed by atoms with Crippen LogP contribution in [0.5, 0.6) is 0 Å². The minimum Gasteiger partial charge on any atom is -0.481 e. The number of hydrogen-bond donors (Lipinski definition) is 2. The van der Waals surface area contributed by atoms with E-state index < -0.39 is 12.1 Å². The van der Waals surface area contributed by atoms with Crippen molar-refractivity contribution >= 4 is 11.9 Å². The van der Waals surface area contributed by atoms with Crippen molar-refractivity contribution in [3.8, 4) is 11.8 Å². The molecule has 1 aliphatic rings. The summed E-state index contributed by atoms with van der Waals surface area (Å²) in [5.74, 6) is 5.10. The Morgan fingerprint density at radius 1 is 1.22 bits per heavy atom. The quantitative estimate of drug-likeness (QED) is 0.398. The van der Waals surface area contributed by atoms with Gasteiger partial charge in [-0.15, -0.1) is 0 Å². The highest BCUT2D eigenvalue weighted by molar-refractivity contribution is 5.79. The molecule has 1 heterocycles. The van der Waals surface area contributed by atoms with E-state index in [1.165, 1.54) is 0 Å². The SMILES string of the molecule is O=C(O)CCCCCCN1C(=O)CC[C@@H]1C=C[C@@H](O)C#Cc1ccccc1. The summed E-state index contributed by atoms with van der Waals surface area (Å²) in [7, 11) is 0. The van der Waals surface area contributed by atoms with Crippen molar-refractivity contribution in [1.29, 1.82) is 0 Å². The number of benzene rings is 1. The first-order chi connectivity index (χ1) is 13.1. The lowest BCUT2D eigenvalue weighted by Crippen LogP contribution is -2.32. The molecule has 2 rings (SSSR count). The minimum atomic E-state index is -0.862. The van der Waals surface area contributed by atoms with Crippen LogP contribution in [0.4, 0.5) is 0 Å². The summed E-state index contributed by atoms with van der Waals surface area (Å²) in [6.45, 7) is 0.673. The van der Waals surface area contributed by atoms with Gasteiger partial charge in [0.2, 0.25) is 5.91 Å². The monoisotopic (exact) mass is 369 g/mol. The van der Waals surface area contributed by atoms with Gasteiger partial charge in [0, 0.05) is 24.9 Å². The van der Waals surface area contributed by atoms with Gasteiger partial charge >= 0.3 is 5.97 Å². The lowest BCUT2D eigenvalue weighted by Gasteiger charge is -2.22. The minimum absolute atomic E-state index is 0.00435. The molecule has 2 N–H and O–H groups in total. The number of rotatable bonds is 9. The van der Waals surface area contributed by atoms with Gasteiger partial charge < -0.3 is 15.1 Å². The molecule has 0 saturated carbocycles. The second kappa shape index (κ2) is 11.2. The Labute approximate surface area is 160 Å². The molecule has 144 valence electrons. The Morgan fingerprint density at radius 3 is 2.70 bits per heavy atom. The molecule has 1 fully saturated rings. The number of carboxylic acid groups (broad SMARTS) is 1. The second-order valence-corrected chi connectivity index (χ2v) is 6.72. The van der Waals surface area contributed by atoms with E-state index in [1.54, 1.807) is 6.08 Å². The van der Waals surface area contributed by atoms with Crippen molar-refractivity contribution in [3.63, 3.8) is 0 Å². The largest absolute Gasteiger partial charge is 0.481 e. The smallest absolute Gasteiger partial charge is 0.303 e. The number of likely N-dealkylation sites (tertiary alicyclic amines) is 1. The normalized spacial score (nSPS) is 17.7. The standard InChI is InChI=1S/C22H27NO4/c24-20(14-11-18-8-4-3-5-9-18)15-12-19-13-16-21(25)23(19)17-7-2-1-6-10-22(26)27/h3-5,8-9,12,15,19-20,24H,1-2,6-7,10,13,16-17H2,(H,26,27)/t19-,20-/m0/s1. The predicted molar refractivity (Wildman–Crippen MR) is 104 cm³/mol. The van der Waals surface area contributed by atoms with Crippen LogP contribution >= 0.6 is 0 Å². The van der Waals surface area contributed by atoms with Crippen LogP contribution in [0.15, 0.2) is 42.5 Å². The number of hydrogen-bond acceptors (Lipinski definition) is 3. The summed E-state index contributed by atoms with van der Waals surface area (Å²) >= 11 is 0. The molecule has 27 heavy (non-hydrogen) atoms. The van der Waals surface area contributed by atoms with Crippen molar-refractivity contribution in [2.24, 2.45) is 0 Å². The summed E-state index contributed by atoms with van der Waals surface area (Å²) in [6, 6.07) is 9.49. The van der Waals surface area contributed by atoms with Gasteiger partial charge in [0.05, 0.1) is 6.04 Å². The molecular weight excluding hydrogens is 342 g/mol. The average Bonchev–Trinajstić information content (AvgIpc) is 3.01. The number of carboxylic acids is 1. The van der Waals surface area contributed by atoms with Gasteiger partial charge in [0.15, 0.2) is 0 Å². The summed E-state index contributed by atoms with van der Waals surface area (Å²) in [5, 5.41) is 18.7. The zero-order valence-corrected chi connectivity index (χ0v) is 15.5. The Hall–Kier alpha value is -2.58. The van der Waals surface area contributed by atoms with Crippen LogP contribution in [-0.2, 0) is 9.59 Å². The molecule has 0 bridgehead atoms. The molecule has 1 aromatic rings. The van der Waals surface area contributed by atoms with E-state index >= 15 is 0 Å². The van der Waals surface area contributed by atoms with Crippen LogP contribution in [0.2, 0.25) is 0 Å². The number of aliphatic hydroxyl groups is 1. The number of aliphatic hydroxyl groups excluding tert-OH is 1. The highest BCUT2D eigenvalue weighted by Crippen LogP contribution is 2.21. The van der Waals surface area contributed by atoms with Crippen molar-refractivity contribution in [2.75, 3.05) is 6.54 Å². The molecule has 5 nitrogen and oxygen atoms in total. The molecule has 0 aliphatic carbocycles. The molecule has 0 spiro atoms. The molecule has 1 aromatic carbocycles. The molecule has 0 radical (unpaired) electrons. The summed E-state index contributed by atoms with van der Waals surface area (Å²) in [4.78, 5) is 24.4. The fourth-order valence-electron chi connectivity index (χ4n) is 3.12. The van der Waals surface area contributed by atoms with Crippen LogP contribution in [0, 0.1) is 11.8 Å². The van der Waals surface area contributed by atoms with Crippen LogP contribution in [0.3, 0.4) is 0 Å².